The molecule has 3 aliphatic rings. The molecular formula is C32H38ClN3O3. The van der Waals surface area contributed by atoms with Gasteiger partial charge in [0.05, 0.1) is 16.8 Å². The van der Waals surface area contributed by atoms with Gasteiger partial charge in [-0.05, 0) is 92.9 Å². The third-order valence-electron chi connectivity index (χ3n) is 9.18. The summed E-state index contributed by atoms with van der Waals surface area (Å²) in [6.45, 7) is 4.05. The van der Waals surface area contributed by atoms with E-state index in [1.54, 1.807) is 12.1 Å². The molecule has 1 aliphatic carbocycles. The van der Waals surface area contributed by atoms with E-state index in [2.05, 4.69) is 9.47 Å². The maximum absolute atomic E-state index is 14.0. The average molecular weight is 548 g/mol. The van der Waals surface area contributed by atoms with Crippen molar-refractivity contribution in [3.63, 3.8) is 0 Å². The first kappa shape index (κ1) is 26.4. The Morgan fingerprint density at radius 1 is 0.872 bits per heavy atom. The van der Waals surface area contributed by atoms with Gasteiger partial charge in [0.1, 0.15) is 6.54 Å². The van der Waals surface area contributed by atoms with Crippen molar-refractivity contribution in [2.75, 3.05) is 26.2 Å². The maximum Gasteiger partial charge on any atom is 0.335 e. The summed E-state index contributed by atoms with van der Waals surface area (Å²) in [6, 6.07) is 13.8. The predicted molar refractivity (Wildman–Crippen MR) is 156 cm³/mol. The Bertz CT molecular complexity index is 1350. The molecule has 0 radical (unpaired) electrons. The minimum atomic E-state index is -0.951. The summed E-state index contributed by atoms with van der Waals surface area (Å²) in [4.78, 5) is 30.6. The van der Waals surface area contributed by atoms with Gasteiger partial charge in [0.15, 0.2) is 0 Å². The van der Waals surface area contributed by atoms with Crippen LogP contribution in [-0.4, -0.2) is 63.6 Å². The second kappa shape index (κ2) is 11.3. The summed E-state index contributed by atoms with van der Waals surface area (Å²) < 4.78 is 2.11. The lowest BCUT2D eigenvalue weighted by molar-refractivity contribution is -0.133. The van der Waals surface area contributed by atoms with E-state index in [-0.39, 0.29) is 18.0 Å². The highest BCUT2D eigenvalue weighted by Gasteiger charge is 2.32. The van der Waals surface area contributed by atoms with Crippen LogP contribution in [-0.2, 0) is 11.3 Å². The van der Waals surface area contributed by atoms with Gasteiger partial charge in [-0.3, -0.25) is 9.69 Å². The molecule has 0 spiro atoms. The van der Waals surface area contributed by atoms with Crippen LogP contribution >= 0.6 is 11.6 Å². The van der Waals surface area contributed by atoms with Gasteiger partial charge in [0.2, 0.25) is 5.91 Å². The first-order valence-electron chi connectivity index (χ1n) is 14.7. The van der Waals surface area contributed by atoms with Crippen molar-refractivity contribution in [1.82, 2.24) is 14.4 Å². The molecule has 3 aromatic rings. The minimum absolute atomic E-state index is 0.113. The van der Waals surface area contributed by atoms with Crippen molar-refractivity contribution >= 4 is 34.4 Å². The molecule has 3 fully saturated rings. The third-order valence-corrected chi connectivity index (χ3v) is 9.43. The molecule has 1 saturated carbocycles. The minimum Gasteiger partial charge on any atom is -0.478 e. The first-order valence-corrected chi connectivity index (χ1v) is 15.0. The fourth-order valence-corrected chi connectivity index (χ4v) is 7.34. The number of carbonyl (C=O) groups excluding carboxylic acids is 1. The lowest BCUT2D eigenvalue weighted by atomic mass is 9.82. The zero-order valence-electron chi connectivity index (χ0n) is 22.6. The van der Waals surface area contributed by atoms with Crippen LogP contribution in [0.1, 0.15) is 79.6 Å². The molecule has 2 saturated heterocycles. The maximum atomic E-state index is 14.0. The third kappa shape index (κ3) is 5.33. The van der Waals surface area contributed by atoms with Crippen LogP contribution < -0.4 is 0 Å². The molecule has 6 rings (SSSR count). The summed E-state index contributed by atoms with van der Waals surface area (Å²) in [5.74, 6) is -0.455. The second-order valence-electron chi connectivity index (χ2n) is 11.6. The van der Waals surface area contributed by atoms with Gasteiger partial charge in [-0.15, -0.1) is 0 Å². The monoisotopic (exact) mass is 547 g/mol. The van der Waals surface area contributed by atoms with Crippen LogP contribution in [0.15, 0.2) is 42.5 Å². The van der Waals surface area contributed by atoms with Gasteiger partial charge < -0.3 is 14.6 Å². The molecule has 2 aliphatic heterocycles. The van der Waals surface area contributed by atoms with Crippen LogP contribution in [0.5, 0.6) is 0 Å². The van der Waals surface area contributed by atoms with E-state index < -0.39 is 5.97 Å². The highest BCUT2D eigenvalue weighted by Crippen LogP contribution is 2.44. The Morgan fingerprint density at radius 2 is 1.62 bits per heavy atom. The van der Waals surface area contributed by atoms with Crippen molar-refractivity contribution in [2.24, 2.45) is 0 Å². The molecule has 39 heavy (non-hydrogen) atoms. The topological polar surface area (TPSA) is 65.8 Å². The fraction of sp³-hybridized carbons (Fsp3) is 0.500. The van der Waals surface area contributed by atoms with Crippen molar-refractivity contribution in [3.8, 4) is 11.3 Å². The molecular weight excluding hydrogens is 510 g/mol. The number of piperidine rings is 1. The normalized spacial score (nSPS) is 21.1. The molecule has 1 amide bonds. The van der Waals surface area contributed by atoms with E-state index in [9.17, 15) is 14.7 Å². The molecule has 7 heteroatoms. The number of amides is 1. The number of aromatic carboxylic acids is 1. The molecule has 0 bridgehead atoms. The average Bonchev–Trinajstić information content (AvgIpc) is 3.61. The lowest BCUT2D eigenvalue weighted by Crippen LogP contribution is -2.49. The van der Waals surface area contributed by atoms with E-state index >= 15 is 0 Å². The number of likely N-dealkylation sites (tertiary alicyclic amines) is 2. The largest absolute Gasteiger partial charge is 0.478 e. The van der Waals surface area contributed by atoms with E-state index in [1.807, 2.05) is 35.2 Å². The zero-order chi connectivity index (χ0) is 26.9. The summed E-state index contributed by atoms with van der Waals surface area (Å²) in [6.07, 6.45) is 10.5. The number of aromatic nitrogens is 1. The molecule has 1 unspecified atom stereocenters. The van der Waals surface area contributed by atoms with E-state index in [0.717, 1.165) is 74.0 Å². The molecule has 1 N–H and O–H groups in total. The Labute approximate surface area is 235 Å². The number of carboxylic acid groups (broad SMARTS) is 1. The molecule has 3 heterocycles. The highest BCUT2D eigenvalue weighted by atomic mass is 35.5. The number of hydrogen-bond acceptors (Lipinski definition) is 3. The Kier molecular flexibility index (Phi) is 7.68. The van der Waals surface area contributed by atoms with E-state index in [1.165, 1.54) is 37.7 Å². The molecule has 2 aromatic carbocycles. The van der Waals surface area contributed by atoms with Gasteiger partial charge in [-0.2, -0.15) is 0 Å². The van der Waals surface area contributed by atoms with Crippen molar-refractivity contribution < 1.29 is 14.7 Å². The van der Waals surface area contributed by atoms with Crippen LogP contribution in [0.3, 0.4) is 0 Å². The Balaban J connectivity index is 1.44. The number of carboxylic acids is 1. The number of benzene rings is 2. The molecule has 1 atom stereocenters. The van der Waals surface area contributed by atoms with Gasteiger partial charge in [0, 0.05) is 29.5 Å². The van der Waals surface area contributed by atoms with Crippen LogP contribution in [0.4, 0.5) is 0 Å². The summed E-state index contributed by atoms with van der Waals surface area (Å²) in [5.41, 5.74) is 4.40. The molecule has 1 aromatic heterocycles. The number of carbonyl (C=O) groups is 2. The van der Waals surface area contributed by atoms with Gasteiger partial charge >= 0.3 is 5.97 Å². The molecule has 206 valence electrons. The smallest absolute Gasteiger partial charge is 0.335 e. The summed E-state index contributed by atoms with van der Waals surface area (Å²) in [7, 11) is 0. The van der Waals surface area contributed by atoms with Crippen LogP contribution in [0.25, 0.3) is 22.2 Å². The molecule has 6 nitrogen and oxygen atoms in total. The predicted octanol–water partition coefficient (Wildman–Crippen LogP) is 6.79. The number of hydrogen-bond donors (Lipinski definition) is 1. The van der Waals surface area contributed by atoms with Crippen molar-refractivity contribution in [3.05, 3.63) is 58.6 Å². The van der Waals surface area contributed by atoms with Gasteiger partial charge in [-0.1, -0.05) is 49.1 Å². The number of nitrogens with zero attached hydrogens (tertiary/aromatic N) is 3. The first-order chi connectivity index (χ1) is 19.0. The summed E-state index contributed by atoms with van der Waals surface area (Å²) in [5, 5.41) is 11.6. The van der Waals surface area contributed by atoms with Gasteiger partial charge in [0.25, 0.3) is 0 Å². The number of fused-ring (bicyclic) bond motifs is 1. The standard InChI is InChI=1S/C32H38ClN3O3/c33-25-13-10-23(11-14-25)31-30(22-7-2-1-3-8-22)27-15-12-24(32(38)39)19-28(27)36(31)21-29(37)35-18-6-9-26(20-35)34-16-4-5-17-34/h10-15,19,22,26H,1-9,16-18,20-21H2,(H,38,39). The van der Waals surface area contributed by atoms with Crippen molar-refractivity contribution in [2.45, 2.75) is 76.3 Å². The number of rotatable bonds is 6. The van der Waals surface area contributed by atoms with E-state index in [4.69, 9.17) is 11.6 Å². The van der Waals surface area contributed by atoms with Crippen LogP contribution in [0.2, 0.25) is 5.02 Å². The lowest BCUT2D eigenvalue weighted by Gasteiger charge is -2.37. The quantitative estimate of drug-likeness (QED) is 0.369. The Morgan fingerprint density at radius 3 is 2.33 bits per heavy atom. The van der Waals surface area contributed by atoms with Crippen LogP contribution in [0, 0.1) is 0 Å². The zero-order valence-corrected chi connectivity index (χ0v) is 23.3. The Hall–Kier alpha value is -2.83. The highest BCUT2D eigenvalue weighted by molar-refractivity contribution is 6.30. The van der Waals surface area contributed by atoms with Gasteiger partial charge in [-0.25, -0.2) is 4.79 Å². The summed E-state index contributed by atoms with van der Waals surface area (Å²) >= 11 is 6.28. The van der Waals surface area contributed by atoms with Crippen molar-refractivity contribution in [1.29, 1.82) is 0 Å². The number of halogens is 1. The second-order valence-corrected chi connectivity index (χ2v) is 12.0. The van der Waals surface area contributed by atoms with E-state index in [0.29, 0.717) is 17.0 Å². The fourth-order valence-electron chi connectivity index (χ4n) is 7.22. The SMILES string of the molecule is O=C(O)c1ccc2c(C3CCCCC3)c(-c3ccc(Cl)cc3)n(CC(=O)N3CCCC(N4CCCC4)C3)c2c1.